The number of carboxylic acids is 2. The molecule has 15 nitrogen and oxygen atoms in total. The first-order valence-corrected chi connectivity index (χ1v) is 10.8. The molecule has 0 bridgehead atoms. The number of aliphatic hydroxyl groups excluding tert-OH is 1. The molecule has 2 aromatic heterocycles. The van der Waals surface area contributed by atoms with E-state index in [1.165, 1.54) is 12.1 Å². The van der Waals surface area contributed by atoms with Crippen LogP contribution < -0.4 is 5.73 Å². The molecule has 0 amide bonds. The van der Waals surface area contributed by atoms with Crippen LogP contribution >= 0.6 is 11.6 Å². The van der Waals surface area contributed by atoms with Crippen LogP contribution in [0.25, 0.3) is 11.2 Å². The smallest absolute Gasteiger partial charge is 0.348 e. The number of aromatic nitrogens is 4. The number of fused-ring (bicyclic) bond motifs is 1. The number of hydrogen-bond acceptors (Lipinski definition) is 11. The van der Waals surface area contributed by atoms with Gasteiger partial charge in [-0.15, -0.1) is 0 Å². The number of alkyl halides is 1. The number of imidazole rings is 1. The Kier molecular flexibility index (Phi) is 8.11. The Morgan fingerprint density at radius 1 is 1.26 bits per heavy atom. The third-order valence-corrected chi connectivity index (χ3v) is 5.94. The Morgan fingerprint density at radius 2 is 1.89 bits per heavy atom. The van der Waals surface area contributed by atoms with E-state index in [2.05, 4.69) is 15.0 Å². The molecule has 5 N–H and O–H groups in total. The van der Waals surface area contributed by atoms with Crippen LogP contribution in [-0.2, 0) is 25.5 Å². The van der Waals surface area contributed by atoms with Crippen LogP contribution in [0.2, 0.25) is 5.28 Å². The summed E-state index contributed by atoms with van der Waals surface area (Å²) in [5.74, 6) is -3.86. The Hall–Kier alpha value is -3.99. The second kappa shape index (κ2) is 10.8. The van der Waals surface area contributed by atoms with Crippen molar-refractivity contribution in [1.82, 2.24) is 19.5 Å². The number of hydrogen-bond donors (Lipinski definition) is 4. The van der Waals surface area contributed by atoms with Crippen molar-refractivity contribution in [2.75, 3.05) is 12.3 Å². The monoisotopic (exact) mass is 556 g/mol. The van der Waals surface area contributed by atoms with Gasteiger partial charge in [-0.1, -0.05) is 19.6 Å². The van der Waals surface area contributed by atoms with Crippen LogP contribution in [0.5, 0.6) is 0 Å². The lowest BCUT2D eigenvalue weighted by molar-refractivity contribution is -0.384. The van der Waals surface area contributed by atoms with E-state index in [9.17, 15) is 35.0 Å². The summed E-state index contributed by atoms with van der Waals surface area (Å²) in [6.07, 6.45) is -6.55. The van der Waals surface area contributed by atoms with Gasteiger partial charge in [0.2, 0.25) is 5.28 Å². The van der Waals surface area contributed by atoms with Gasteiger partial charge in [-0.2, -0.15) is 9.97 Å². The Balaban J connectivity index is 0.00000400. The third-order valence-electron chi connectivity index (χ3n) is 5.77. The number of carboxylic acid groups (broad SMARTS) is 2. The Labute approximate surface area is 217 Å². The summed E-state index contributed by atoms with van der Waals surface area (Å²) < 4.78 is 26.9. The molecule has 3 aromatic rings. The van der Waals surface area contributed by atoms with E-state index in [4.69, 9.17) is 26.8 Å². The second-order valence-corrected chi connectivity index (χ2v) is 8.39. The van der Waals surface area contributed by atoms with E-state index >= 15 is 4.39 Å². The molecule has 0 aliphatic carbocycles. The van der Waals surface area contributed by atoms with Gasteiger partial charge in [-0.05, 0) is 17.2 Å². The number of nitrogen functional groups attached to an aromatic ring is 1. The fraction of sp³-hybridized carbons (Fsp3) is 0.381. The topological polar surface area (TPSA) is 226 Å². The van der Waals surface area contributed by atoms with Crippen molar-refractivity contribution in [2.45, 2.75) is 44.1 Å². The predicted molar refractivity (Wildman–Crippen MR) is 127 cm³/mol. The molecule has 0 spiro atoms. The van der Waals surface area contributed by atoms with E-state index in [-0.39, 0.29) is 40.9 Å². The molecule has 17 heteroatoms. The van der Waals surface area contributed by atoms with Crippen LogP contribution in [0.3, 0.4) is 0 Å². The highest BCUT2D eigenvalue weighted by Gasteiger charge is 2.52. The second-order valence-electron chi connectivity index (χ2n) is 8.05. The first-order valence-electron chi connectivity index (χ1n) is 10.4. The first kappa shape index (κ1) is 28.6. The van der Waals surface area contributed by atoms with E-state index in [0.717, 1.165) is 23.0 Å². The molecule has 1 fully saturated rings. The molecule has 1 aromatic carbocycles. The maximum Gasteiger partial charge on any atom is 0.348 e. The van der Waals surface area contributed by atoms with Crippen molar-refractivity contribution in [2.24, 2.45) is 0 Å². The molecule has 1 aliphatic heterocycles. The van der Waals surface area contributed by atoms with Gasteiger partial charge in [-0.3, -0.25) is 14.7 Å². The van der Waals surface area contributed by atoms with Crippen molar-refractivity contribution in [3.8, 4) is 0 Å². The Bertz CT molecular complexity index is 1360. The van der Waals surface area contributed by atoms with Gasteiger partial charge >= 0.3 is 11.9 Å². The molecule has 0 radical (unpaired) electrons. The summed E-state index contributed by atoms with van der Waals surface area (Å²) in [6.45, 7) is -0.839. The number of rotatable bonds is 9. The van der Waals surface area contributed by atoms with Crippen LogP contribution in [-0.4, -0.2) is 82.3 Å². The highest BCUT2D eigenvalue weighted by Crippen LogP contribution is 2.35. The third kappa shape index (κ3) is 5.06. The van der Waals surface area contributed by atoms with Crippen LogP contribution in [0.4, 0.5) is 15.9 Å². The van der Waals surface area contributed by atoms with Gasteiger partial charge in [0, 0.05) is 18.6 Å². The standard InChI is InChI=1S/C20H18ClFN6O9.CH4/c21-19-25-14(23)12-15(26-19)27(7-24-12)16-11(22)13(29)10(37-16)6-36-20(17(30)31,18(32)33)5-8-1-3-9(4-2-8)28(34)35;/h1-4,7,10-11,13,16,29H,5-6H2,(H,30,31)(H,32,33)(H2,23,25,26);1H4/t10-,11+,13-,16-;/m1./s1. The number of ether oxygens (including phenoxy) is 2. The molecule has 204 valence electrons. The van der Waals surface area contributed by atoms with Crippen LogP contribution in [0.1, 0.15) is 19.2 Å². The fourth-order valence-corrected chi connectivity index (χ4v) is 4.00. The normalized spacial score (nSPS) is 21.2. The van der Waals surface area contributed by atoms with Crippen LogP contribution in [0, 0.1) is 10.1 Å². The average Bonchev–Trinajstić information content (AvgIpc) is 3.37. The lowest BCUT2D eigenvalue weighted by atomic mass is 9.94. The summed E-state index contributed by atoms with van der Waals surface area (Å²) >= 11 is 5.81. The van der Waals surface area contributed by atoms with E-state index in [1.807, 2.05) is 0 Å². The van der Waals surface area contributed by atoms with Crippen molar-refractivity contribution >= 4 is 46.2 Å². The Morgan fingerprint density at radius 3 is 2.47 bits per heavy atom. The number of carbonyl (C=O) groups is 2. The number of non-ortho nitro benzene ring substituents is 1. The van der Waals surface area contributed by atoms with Gasteiger partial charge in [0.1, 0.15) is 17.7 Å². The zero-order valence-electron chi connectivity index (χ0n) is 18.5. The molecule has 0 saturated carbocycles. The minimum atomic E-state index is -2.87. The molecular weight excluding hydrogens is 535 g/mol. The quantitative estimate of drug-likeness (QED) is 0.126. The zero-order valence-corrected chi connectivity index (χ0v) is 19.2. The number of halogens is 2. The van der Waals surface area contributed by atoms with Gasteiger partial charge in [0.15, 0.2) is 23.9 Å². The molecule has 38 heavy (non-hydrogen) atoms. The summed E-state index contributed by atoms with van der Waals surface area (Å²) in [5, 5.41) is 40.4. The molecule has 1 aliphatic rings. The molecule has 0 unspecified atom stereocenters. The number of nitro groups is 1. The van der Waals surface area contributed by atoms with Gasteiger partial charge in [-0.25, -0.2) is 19.0 Å². The van der Waals surface area contributed by atoms with Crippen molar-refractivity contribution in [1.29, 1.82) is 0 Å². The molecule has 3 heterocycles. The fourth-order valence-electron chi connectivity index (χ4n) is 3.83. The first-order chi connectivity index (χ1) is 17.4. The summed E-state index contributed by atoms with van der Waals surface area (Å²) in [7, 11) is 0. The minimum Gasteiger partial charge on any atom is -0.479 e. The van der Waals surface area contributed by atoms with E-state index < -0.39 is 60.1 Å². The summed E-state index contributed by atoms with van der Waals surface area (Å²) in [6, 6.07) is 4.51. The molecule has 4 rings (SSSR count). The maximum atomic E-state index is 15.0. The minimum absolute atomic E-state index is 0. The number of aliphatic hydroxyl groups is 1. The van der Waals surface area contributed by atoms with Crippen molar-refractivity contribution in [3.63, 3.8) is 0 Å². The number of aliphatic carboxylic acids is 2. The van der Waals surface area contributed by atoms with Gasteiger partial charge in [0.25, 0.3) is 11.3 Å². The number of benzene rings is 1. The van der Waals surface area contributed by atoms with Crippen molar-refractivity contribution < 1.29 is 43.7 Å². The van der Waals surface area contributed by atoms with Crippen molar-refractivity contribution in [3.05, 3.63) is 51.6 Å². The highest BCUT2D eigenvalue weighted by atomic mass is 35.5. The summed E-state index contributed by atoms with van der Waals surface area (Å²) in [4.78, 5) is 45.8. The maximum absolute atomic E-state index is 15.0. The lowest BCUT2D eigenvalue weighted by Crippen LogP contribution is -2.52. The van der Waals surface area contributed by atoms with E-state index in [0.29, 0.717) is 0 Å². The number of nitro benzene ring substituents is 1. The number of anilines is 1. The lowest BCUT2D eigenvalue weighted by Gasteiger charge is -2.27. The van der Waals surface area contributed by atoms with Gasteiger partial charge < -0.3 is 30.5 Å². The SMILES string of the molecule is C.Nc1nc(Cl)nc2c1ncn2[C@@H]1O[C@H](COC(Cc2ccc([N+](=O)[O-])cc2)(C(=O)O)C(=O)O)[C@@H](O)[C@@H]1F. The van der Waals surface area contributed by atoms with E-state index in [1.54, 1.807) is 0 Å². The zero-order chi connectivity index (χ0) is 27.1. The highest BCUT2D eigenvalue weighted by molar-refractivity contribution is 6.28. The predicted octanol–water partition coefficient (Wildman–Crippen LogP) is 1.37. The summed E-state index contributed by atoms with van der Waals surface area (Å²) in [5.41, 5.74) is 2.77. The van der Waals surface area contributed by atoms with Gasteiger partial charge in [0.05, 0.1) is 17.9 Å². The number of nitrogens with zero attached hydrogens (tertiary/aromatic N) is 5. The van der Waals surface area contributed by atoms with Crippen LogP contribution in [0.15, 0.2) is 30.6 Å². The molecular formula is C21H22ClFN6O9. The molecule has 1 saturated heterocycles. The largest absolute Gasteiger partial charge is 0.479 e. The average molecular weight is 557 g/mol. The number of nitrogens with two attached hydrogens (primary N) is 1. The molecule has 4 atom stereocenters.